The first-order valence-electron chi connectivity index (χ1n) is 7.63. The molecule has 5 nitrogen and oxygen atoms in total. The molecule has 0 N–H and O–H groups in total. The Morgan fingerprint density at radius 1 is 1.09 bits per heavy atom. The molecule has 0 spiro atoms. The minimum atomic E-state index is -0.795. The van der Waals surface area contributed by atoms with Gasteiger partial charge in [-0.1, -0.05) is 26.2 Å². The molecule has 0 heterocycles. The van der Waals surface area contributed by atoms with Crippen LogP contribution in [-0.2, 0) is 9.47 Å². The van der Waals surface area contributed by atoms with Crippen molar-refractivity contribution in [1.29, 1.82) is 0 Å². The second kappa shape index (κ2) is 9.82. The topological polar surface area (TPSA) is 61.8 Å². The van der Waals surface area contributed by atoms with Crippen molar-refractivity contribution in [3.63, 3.8) is 0 Å². The fourth-order valence-corrected chi connectivity index (χ4v) is 1.97. The second-order valence-electron chi connectivity index (χ2n) is 5.15. The molecule has 0 aliphatic carbocycles. The molecule has 0 saturated carbocycles. The van der Waals surface area contributed by atoms with Gasteiger partial charge < -0.3 is 14.2 Å². The summed E-state index contributed by atoms with van der Waals surface area (Å²) in [7, 11) is 1.23. The number of esters is 1. The summed E-state index contributed by atoms with van der Waals surface area (Å²) in [5, 5.41) is 0. The number of carbonyl (C=O) groups is 2. The van der Waals surface area contributed by atoms with Crippen LogP contribution in [0.25, 0.3) is 0 Å². The summed E-state index contributed by atoms with van der Waals surface area (Å²) in [6, 6.07) is 6.17. The van der Waals surface area contributed by atoms with E-state index >= 15 is 0 Å². The van der Waals surface area contributed by atoms with E-state index in [4.69, 9.17) is 9.47 Å². The van der Waals surface area contributed by atoms with Crippen LogP contribution in [0.3, 0.4) is 0 Å². The van der Waals surface area contributed by atoms with Crippen LogP contribution < -0.4 is 4.74 Å². The third kappa shape index (κ3) is 6.61. The Hall–Kier alpha value is -2.04. The van der Waals surface area contributed by atoms with Crippen LogP contribution in [-0.4, -0.2) is 25.3 Å². The maximum atomic E-state index is 12.0. The molecular formula is C17H24O5. The summed E-state index contributed by atoms with van der Waals surface area (Å²) >= 11 is 0. The smallest absolute Gasteiger partial charge is 0.459 e. The SMILES string of the molecule is CCCCCCC(C)OC(=O)c1ccc(OC(=O)OC)cc1. The molecular weight excluding hydrogens is 284 g/mol. The fraction of sp³-hybridized carbons (Fsp3) is 0.529. The van der Waals surface area contributed by atoms with E-state index in [2.05, 4.69) is 11.7 Å². The standard InChI is InChI=1S/C17H24O5/c1-4-5-6-7-8-13(2)21-16(18)14-9-11-15(12-10-14)22-17(19)20-3/h9-13H,4-8H2,1-3H3. The zero-order valence-corrected chi connectivity index (χ0v) is 13.5. The van der Waals surface area contributed by atoms with Crippen molar-refractivity contribution in [2.24, 2.45) is 0 Å². The molecule has 0 bridgehead atoms. The summed E-state index contributed by atoms with van der Waals surface area (Å²) in [6.07, 6.45) is 4.60. The molecule has 1 unspecified atom stereocenters. The number of hydrogen-bond acceptors (Lipinski definition) is 5. The minimum absolute atomic E-state index is 0.102. The molecule has 0 radical (unpaired) electrons. The predicted molar refractivity (Wildman–Crippen MR) is 83.1 cm³/mol. The van der Waals surface area contributed by atoms with E-state index in [0.29, 0.717) is 11.3 Å². The lowest BCUT2D eigenvalue weighted by molar-refractivity contribution is 0.0319. The molecule has 0 fully saturated rings. The Morgan fingerprint density at radius 3 is 2.36 bits per heavy atom. The van der Waals surface area contributed by atoms with Crippen LogP contribution in [0.1, 0.15) is 56.3 Å². The van der Waals surface area contributed by atoms with Gasteiger partial charge in [-0.25, -0.2) is 9.59 Å². The minimum Gasteiger partial charge on any atom is -0.459 e. The third-order valence-corrected chi connectivity index (χ3v) is 3.23. The molecule has 1 aromatic carbocycles. The average Bonchev–Trinajstić information content (AvgIpc) is 2.52. The zero-order chi connectivity index (χ0) is 16.4. The first-order valence-corrected chi connectivity index (χ1v) is 7.63. The maximum Gasteiger partial charge on any atom is 0.513 e. The molecule has 0 aromatic heterocycles. The van der Waals surface area contributed by atoms with Crippen molar-refractivity contribution in [3.05, 3.63) is 29.8 Å². The largest absolute Gasteiger partial charge is 0.513 e. The van der Waals surface area contributed by atoms with Gasteiger partial charge in [-0.15, -0.1) is 0 Å². The lowest BCUT2D eigenvalue weighted by atomic mass is 10.1. The van der Waals surface area contributed by atoms with Gasteiger partial charge in [0.05, 0.1) is 18.8 Å². The average molecular weight is 308 g/mol. The van der Waals surface area contributed by atoms with Gasteiger partial charge in [0.2, 0.25) is 0 Å². The quantitative estimate of drug-likeness (QED) is 0.406. The van der Waals surface area contributed by atoms with E-state index in [0.717, 1.165) is 19.3 Å². The Balaban J connectivity index is 2.43. The van der Waals surface area contributed by atoms with Gasteiger partial charge in [0, 0.05) is 0 Å². The first kappa shape index (κ1) is 18.0. The Kier molecular flexibility index (Phi) is 8.04. The van der Waals surface area contributed by atoms with Crippen LogP contribution in [0, 0.1) is 0 Å². The lowest BCUT2D eigenvalue weighted by Gasteiger charge is -2.13. The van der Waals surface area contributed by atoms with Crippen molar-refractivity contribution in [2.45, 2.75) is 52.1 Å². The molecule has 1 atom stereocenters. The van der Waals surface area contributed by atoms with Gasteiger partial charge in [-0.05, 0) is 44.0 Å². The molecule has 1 rings (SSSR count). The van der Waals surface area contributed by atoms with E-state index in [1.54, 1.807) is 12.1 Å². The van der Waals surface area contributed by atoms with Crippen molar-refractivity contribution < 1.29 is 23.8 Å². The molecule has 0 aliphatic rings. The second-order valence-corrected chi connectivity index (χ2v) is 5.15. The van der Waals surface area contributed by atoms with E-state index in [9.17, 15) is 9.59 Å². The molecule has 1 aromatic rings. The van der Waals surface area contributed by atoms with Gasteiger partial charge >= 0.3 is 12.1 Å². The highest BCUT2D eigenvalue weighted by molar-refractivity contribution is 5.89. The van der Waals surface area contributed by atoms with Crippen LogP contribution in [0.4, 0.5) is 4.79 Å². The van der Waals surface area contributed by atoms with E-state index < -0.39 is 6.16 Å². The highest BCUT2D eigenvalue weighted by Crippen LogP contribution is 2.15. The van der Waals surface area contributed by atoms with Crippen molar-refractivity contribution in [2.75, 3.05) is 7.11 Å². The van der Waals surface area contributed by atoms with Gasteiger partial charge in [-0.2, -0.15) is 0 Å². The number of rotatable bonds is 8. The van der Waals surface area contributed by atoms with E-state index in [-0.39, 0.29) is 12.1 Å². The van der Waals surface area contributed by atoms with Crippen molar-refractivity contribution >= 4 is 12.1 Å². The molecule has 5 heteroatoms. The molecule has 0 amide bonds. The Morgan fingerprint density at radius 2 is 1.77 bits per heavy atom. The third-order valence-electron chi connectivity index (χ3n) is 3.23. The van der Waals surface area contributed by atoms with Gasteiger partial charge in [0.15, 0.2) is 0 Å². The number of hydrogen-bond donors (Lipinski definition) is 0. The van der Waals surface area contributed by atoms with E-state index in [1.165, 1.54) is 32.1 Å². The number of carbonyl (C=O) groups excluding carboxylic acids is 2. The highest BCUT2D eigenvalue weighted by atomic mass is 16.7. The van der Waals surface area contributed by atoms with Gasteiger partial charge in [0.25, 0.3) is 0 Å². The van der Waals surface area contributed by atoms with Crippen LogP contribution in [0.15, 0.2) is 24.3 Å². The van der Waals surface area contributed by atoms with Gasteiger partial charge in [-0.3, -0.25) is 0 Å². The van der Waals surface area contributed by atoms with Gasteiger partial charge in [0.1, 0.15) is 5.75 Å². The summed E-state index contributed by atoms with van der Waals surface area (Å²) in [5.41, 5.74) is 0.428. The summed E-state index contributed by atoms with van der Waals surface area (Å²) in [6.45, 7) is 4.07. The summed E-state index contributed by atoms with van der Waals surface area (Å²) in [5.74, 6) is -0.0522. The highest BCUT2D eigenvalue weighted by Gasteiger charge is 2.12. The van der Waals surface area contributed by atoms with E-state index in [1.807, 2.05) is 6.92 Å². The van der Waals surface area contributed by atoms with Crippen molar-refractivity contribution in [1.82, 2.24) is 0 Å². The Labute approximate surface area is 131 Å². The normalized spacial score (nSPS) is 11.6. The predicted octanol–water partition coefficient (Wildman–Crippen LogP) is 4.35. The van der Waals surface area contributed by atoms with Crippen LogP contribution in [0.5, 0.6) is 5.75 Å². The number of benzene rings is 1. The number of unbranched alkanes of at least 4 members (excludes halogenated alkanes) is 3. The molecule has 122 valence electrons. The first-order chi connectivity index (χ1) is 10.6. The molecule has 0 aliphatic heterocycles. The van der Waals surface area contributed by atoms with Crippen LogP contribution in [0.2, 0.25) is 0 Å². The number of ether oxygens (including phenoxy) is 3. The monoisotopic (exact) mass is 308 g/mol. The number of methoxy groups -OCH3 is 1. The lowest BCUT2D eigenvalue weighted by Crippen LogP contribution is -2.15. The summed E-state index contributed by atoms with van der Waals surface area (Å²) < 4.78 is 14.6. The maximum absolute atomic E-state index is 12.0. The zero-order valence-electron chi connectivity index (χ0n) is 13.5. The Bertz CT molecular complexity index is 466. The molecule has 22 heavy (non-hydrogen) atoms. The molecule has 0 saturated heterocycles. The van der Waals surface area contributed by atoms with Crippen molar-refractivity contribution in [3.8, 4) is 5.75 Å². The summed E-state index contributed by atoms with van der Waals surface area (Å²) in [4.78, 5) is 22.9. The fourth-order valence-electron chi connectivity index (χ4n) is 1.97. The van der Waals surface area contributed by atoms with Crippen LogP contribution >= 0.6 is 0 Å².